The first-order chi connectivity index (χ1) is 7.25. The molecule has 1 fully saturated rings. The van der Waals surface area contributed by atoms with Gasteiger partial charge in [-0.05, 0) is 12.2 Å². The number of thioether (sulfide) groups is 1. The summed E-state index contributed by atoms with van der Waals surface area (Å²) < 4.78 is 4.66. The van der Waals surface area contributed by atoms with Crippen LogP contribution in [0.15, 0.2) is 4.52 Å². The summed E-state index contributed by atoms with van der Waals surface area (Å²) in [6, 6.07) is 0.505. The molecule has 1 aliphatic heterocycles. The van der Waals surface area contributed by atoms with E-state index in [4.69, 9.17) is 5.73 Å². The Kier molecular flexibility index (Phi) is 3.22. The summed E-state index contributed by atoms with van der Waals surface area (Å²) in [6.07, 6.45) is 1.16. The first-order valence-electron chi connectivity index (χ1n) is 4.69. The number of carbonyl (C=O) groups excluding carboxylic acids is 1. The third-order valence-corrected chi connectivity index (χ3v) is 3.32. The van der Waals surface area contributed by atoms with Crippen molar-refractivity contribution in [3.63, 3.8) is 0 Å². The van der Waals surface area contributed by atoms with E-state index in [9.17, 15) is 4.79 Å². The molecule has 1 aromatic rings. The van der Waals surface area contributed by atoms with Crippen molar-refractivity contribution in [1.82, 2.24) is 15.5 Å². The van der Waals surface area contributed by atoms with Gasteiger partial charge in [0.05, 0.1) is 6.54 Å². The normalized spacial score (nSPS) is 20.7. The Bertz CT molecular complexity index is 348. The lowest BCUT2D eigenvalue weighted by Crippen LogP contribution is -2.28. The second-order valence-electron chi connectivity index (χ2n) is 3.32. The summed E-state index contributed by atoms with van der Waals surface area (Å²) in [5.41, 5.74) is 4.99. The van der Waals surface area contributed by atoms with Gasteiger partial charge >= 0.3 is 11.8 Å². The van der Waals surface area contributed by atoms with Crippen LogP contribution in [0.4, 0.5) is 0 Å². The fourth-order valence-electron chi connectivity index (χ4n) is 1.36. The lowest BCUT2D eigenvalue weighted by atomic mass is 10.2. The van der Waals surface area contributed by atoms with E-state index in [0.29, 0.717) is 18.4 Å². The van der Waals surface area contributed by atoms with E-state index in [2.05, 4.69) is 20.0 Å². The van der Waals surface area contributed by atoms with E-state index in [-0.39, 0.29) is 5.89 Å². The molecule has 1 aromatic heterocycles. The molecule has 0 radical (unpaired) electrons. The fourth-order valence-corrected chi connectivity index (χ4v) is 2.54. The van der Waals surface area contributed by atoms with Crippen LogP contribution < -0.4 is 11.1 Å². The molecule has 15 heavy (non-hydrogen) atoms. The molecule has 1 amide bonds. The minimum absolute atomic E-state index is 0.132. The summed E-state index contributed by atoms with van der Waals surface area (Å²) >= 11 is 1.93. The molecule has 0 aliphatic carbocycles. The molecule has 0 saturated carbocycles. The van der Waals surface area contributed by atoms with Crippen LogP contribution >= 0.6 is 11.8 Å². The van der Waals surface area contributed by atoms with Crippen molar-refractivity contribution in [3.05, 3.63) is 11.7 Å². The van der Waals surface area contributed by atoms with Crippen molar-refractivity contribution >= 4 is 17.7 Å². The Morgan fingerprint density at radius 3 is 3.20 bits per heavy atom. The second kappa shape index (κ2) is 4.63. The van der Waals surface area contributed by atoms with Gasteiger partial charge in [-0.25, -0.2) is 0 Å². The zero-order valence-corrected chi connectivity index (χ0v) is 8.92. The van der Waals surface area contributed by atoms with Crippen molar-refractivity contribution in [3.8, 4) is 0 Å². The van der Waals surface area contributed by atoms with E-state index in [0.717, 1.165) is 12.2 Å². The lowest BCUT2D eigenvalue weighted by Gasteiger charge is -2.07. The van der Waals surface area contributed by atoms with E-state index in [1.165, 1.54) is 5.75 Å². The molecular weight excluding hydrogens is 216 g/mol. The van der Waals surface area contributed by atoms with E-state index in [1.807, 2.05) is 11.8 Å². The third-order valence-electron chi connectivity index (χ3n) is 2.16. The molecule has 2 heterocycles. The number of nitrogens with two attached hydrogens (primary N) is 1. The van der Waals surface area contributed by atoms with Crippen molar-refractivity contribution in [1.29, 1.82) is 0 Å². The minimum atomic E-state index is -0.690. The van der Waals surface area contributed by atoms with Gasteiger partial charge in [0.15, 0.2) is 5.82 Å². The molecule has 1 unspecified atom stereocenters. The first-order valence-corrected chi connectivity index (χ1v) is 5.84. The number of amides is 1. The highest BCUT2D eigenvalue weighted by atomic mass is 32.2. The standard InChI is InChI=1S/C8H12N4O2S/c9-7(13)8-11-6(12-14-8)3-10-5-1-2-15-4-5/h5,10H,1-4H2,(H2,9,13). The molecule has 6 nitrogen and oxygen atoms in total. The van der Waals surface area contributed by atoms with Gasteiger partial charge in [0.1, 0.15) is 0 Å². The van der Waals surface area contributed by atoms with Crippen LogP contribution in [0.5, 0.6) is 0 Å². The lowest BCUT2D eigenvalue weighted by molar-refractivity contribution is 0.0958. The van der Waals surface area contributed by atoms with Gasteiger partial charge in [-0.15, -0.1) is 0 Å². The molecule has 0 spiro atoms. The monoisotopic (exact) mass is 228 g/mol. The number of carbonyl (C=O) groups is 1. The molecule has 3 N–H and O–H groups in total. The summed E-state index contributed by atoms with van der Waals surface area (Å²) in [5, 5.41) is 6.93. The smallest absolute Gasteiger partial charge is 0.315 e. The number of nitrogens with zero attached hydrogens (tertiary/aromatic N) is 2. The molecule has 1 atom stereocenters. The van der Waals surface area contributed by atoms with Crippen LogP contribution in [0.1, 0.15) is 22.9 Å². The van der Waals surface area contributed by atoms with Gasteiger partial charge < -0.3 is 15.6 Å². The molecule has 7 heteroatoms. The maximum absolute atomic E-state index is 10.7. The highest BCUT2D eigenvalue weighted by Crippen LogP contribution is 2.17. The highest BCUT2D eigenvalue weighted by Gasteiger charge is 2.16. The van der Waals surface area contributed by atoms with Crippen LogP contribution in [0.2, 0.25) is 0 Å². The van der Waals surface area contributed by atoms with Crippen LogP contribution in [-0.4, -0.2) is 33.6 Å². The molecule has 1 saturated heterocycles. The average Bonchev–Trinajstić information content (AvgIpc) is 2.86. The highest BCUT2D eigenvalue weighted by molar-refractivity contribution is 7.99. The zero-order chi connectivity index (χ0) is 10.7. The predicted molar refractivity (Wildman–Crippen MR) is 55.4 cm³/mol. The van der Waals surface area contributed by atoms with Crippen LogP contribution in [0, 0.1) is 0 Å². The summed E-state index contributed by atoms with van der Waals surface area (Å²) in [6.45, 7) is 0.516. The molecule has 0 bridgehead atoms. The van der Waals surface area contributed by atoms with Gasteiger partial charge in [0, 0.05) is 11.8 Å². The number of primary amides is 1. The van der Waals surface area contributed by atoms with Crippen molar-refractivity contribution < 1.29 is 9.32 Å². The van der Waals surface area contributed by atoms with Crippen molar-refractivity contribution in [2.75, 3.05) is 11.5 Å². The van der Waals surface area contributed by atoms with Crippen LogP contribution in [-0.2, 0) is 6.54 Å². The second-order valence-corrected chi connectivity index (χ2v) is 4.47. The van der Waals surface area contributed by atoms with E-state index in [1.54, 1.807) is 0 Å². The van der Waals surface area contributed by atoms with Gasteiger partial charge in [0.2, 0.25) is 0 Å². The van der Waals surface area contributed by atoms with Gasteiger partial charge in [-0.1, -0.05) is 5.16 Å². The Balaban J connectivity index is 1.84. The van der Waals surface area contributed by atoms with Gasteiger partial charge in [0.25, 0.3) is 0 Å². The zero-order valence-electron chi connectivity index (χ0n) is 8.10. The maximum atomic E-state index is 10.7. The first kappa shape index (κ1) is 10.4. The fraction of sp³-hybridized carbons (Fsp3) is 0.625. The molecule has 1 aliphatic rings. The predicted octanol–water partition coefficient (Wildman–Crippen LogP) is -0.236. The van der Waals surface area contributed by atoms with E-state index >= 15 is 0 Å². The SMILES string of the molecule is NC(=O)c1nc(CNC2CCSC2)no1. The minimum Gasteiger partial charge on any atom is -0.361 e. The number of rotatable bonds is 4. The molecule has 2 rings (SSSR count). The topological polar surface area (TPSA) is 94.0 Å². The summed E-state index contributed by atoms with van der Waals surface area (Å²) in [5.74, 6) is 1.95. The molecule has 82 valence electrons. The van der Waals surface area contributed by atoms with Crippen LogP contribution in [0.3, 0.4) is 0 Å². The number of hydrogen-bond acceptors (Lipinski definition) is 6. The average molecular weight is 228 g/mol. The van der Waals surface area contributed by atoms with E-state index < -0.39 is 5.91 Å². The Morgan fingerprint density at radius 1 is 1.73 bits per heavy atom. The Hall–Kier alpha value is -1.08. The maximum Gasteiger partial charge on any atom is 0.315 e. The van der Waals surface area contributed by atoms with Gasteiger partial charge in [-0.2, -0.15) is 16.7 Å². The third kappa shape index (κ3) is 2.69. The summed E-state index contributed by atoms with van der Waals surface area (Å²) in [7, 11) is 0. The van der Waals surface area contributed by atoms with Crippen molar-refractivity contribution in [2.24, 2.45) is 5.73 Å². The van der Waals surface area contributed by atoms with Crippen LogP contribution in [0.25, 0.3) is 0 Å². The number of hydrogen-bond donors (Lipinski definition) is 2. The largest absolute Gasteiger partial charge is 0.361 e. The number of aromatic nitrogens is 2. The molecule has 0 aromatic carbocycles. The summed E-state index contributed by atoms with van der Waals surface area (Å²) in [4.78, 5) is 14.5. The Morgan fingerprint density at radius 2 is 2.60 bits per heavy atom. The number of nitrogens with one attached hydrogen (secondary N) is 1. The van der Waals surface area contributed by atoms with Crippen molar-refractivity contribution in [2.45, 2.75) is 19.0 Å². The molecular formula is C8H12N4O2S. The van der Waals surface area contributed by atoms with Gasteiger partial charge in [-0.3, -0.25) is 4.79 Å². The quantitative estimate of drug-likeness (QED) is 0.739. The Labute approximate surface area is 91.0 Å².